The number of phenolic OH excluding ortho intramolecular Hbond substituents is 2. The molecule has 132 valence electrons. The third-order valence-electron chi connectivity index (χ3n) is 3.59. The number of hydrogen-bond acceptors (Lipinski definition) is 6. The summed E-state index contributed by atoms with van der Waals surface area (Å²) in [5, 5.41) is 39.2. The van der Waals surface area contributed by atoms with Crippen LogP contribution in [0.4, 0.5) is 0 Å². The third kappa shape index (κ3) is 5.10. The first-order valence-electron chi connectivity index (χ1n) is 7.51. The summed E-state index contributed by atoms with van der Waals surface area (Å²) in [4.78, 5) is 26.3. The van der Waals surface area contributed by atoms with E-state index in [-0.39, 0.29) is 23.6 Å². The Hall–Kier alpha value is -3.29. The molecule has 1 atom stereocenters. The molecule has 0 radical (unpaired) electrons. The zero-order valence-corrected chi connectivity index (χ0v) is 13.2. The van der Waals surface area contributed by atoms with Gasteiger partial charge in [-0.1, -0.05) is 6.07 Å². The normalized spacial score (nSPS) is 18.8. The van der Waals surface area contributed by atoms with E-state index in [1.807, 2.05) is 0 Å². The van der Waals surface area contributed by atoms with Gasteiger partial charge in [0.1, 0.15) is 11.7 Å². The van der Waals surface area contributed by atoms with Gasteiger partial charge in [0.25, 0.3) is 0 Å². The minimum atomic E-state index is -1.22. The predicted octanol–water partition coefficient (Wildman–Crippen LogP) is 1.05. The highest BCUT2D eigenvalue weighted by atomic mass is 16.4. The average molecular weight is 346 g/mol. The lowest BCUT2D eigenvalue weighted by Gasteiger charge is -2.21. The summed E-state index contributed by atoms with van der Waals surface area (Å²) in [6.45, 7) is 0.421. The summed E-state index contributed by atoms with van der Waals surface area (Å²) in [6.07, 6.45) is 5.16. The summed E-state index contributed by atoms with van der Waals surface area (Å²) >= 11 is 0. The van der Waals surface area contributed by atoms with Crippen molar-refractivity contribution in [2.24, 2.45) is 4.99 Å². The molecule has 1 aromatic rings. The van der Waals surface area contributed by atoms with E-state index in [9.17, 15) is 19.8 Å². The number of aliphatic imine (C=N–C) groups is 1. The van der Waals surface area contributed by atoms with Crippen molar-refractivity contribution in [1.29, 1.82) is 0 Å². The first-order valence-corrected chi connectivity index (χ1v) is 7.51. The Balaban J connectivity index is 1.97. The second-order valence-corrected chi connectivity index (χ2v) is 5.47. The van der Waals surface area contributed by atoms with Crippen LogP contribution in [0.3, 0.4) is 0 Å². The predicted molar refractivity (Wildman–Crippen MR) is 89.8 cm³/mol. The lowest BCUT2D eigenvalue weighted by atomic mass is 10.00. The number of rotatable bonds is 6. The molecule has 0 aromatic heterocycles. The molecule has 0 saturated carbocycles. The first-order chi connectivity index (χ1) is 11.9. The van der Waals surface area contributed by atoms with E-state index in [0.717, 1.165) is 5.56 Å². The fourth-order valence-electron chi connectivity index (χ4n) is 2.29. The highest BCUT2D eigenvalue weighted by Crippen LogP contribution is 2.25. The van der Waals surface area contributed by atoms with Crippen molar-refractivity contribution in [3.8, 4) is 11.5 Å². The van der Waals surface area contributed by atoms with Crippen LogP contribution < -0.4 is 5.32 Å². The Morgan fingerprint density at radius 3 is 2.64 bits per heavy atom. The second-order valence-electron chi connectivity index (χ2n) is 5.47. The maximum absolute atomic E-state index is 11.1. The Labute approximate surface area is 143 Å². The van der Waals surface area contributed by atoms with E-state index < -0.39 is 18.0 Å². The monoisotopic (exact) mass is 346 g/mol. The van der Waals surface area contributed by atoms with Crippen LogP contribution in [0.2, 0.25) is 0 Å². The number of hydrogen-bond donors (Lipinski definition) is 5. The van der Waals surface area contributed by atoms with Crippen LogP contribution in [-0.2, 0) is 16.0 Å². The van der Waals surface area contributed by atoms with Gasteiger partial charge in [-0.3, -0.25) is 4.99 Å². The molecular formula is C17H18N2O6. The smallest absolute Gasteiger partial charge is 0.351 e. The molecule has 8 nitrogen and oxygen atoms in total. The number of benzene rings is 1. The van der Waals surface area contributed by atoms with Crippen LogP contribution in [0, 0.1) is 0 Å². The van der Waals surface area contributed by atoms with Crippen LogP contribution in [0.15, 0.2) is 46.6 Å². The molecule has 1 heterocycles. The highest BCUT2D eigenvalue weighted by molar-refractivity contribution is 5.89. The van der Waals surface area contributed by atoms with Crippen molar-refractivity contribution in [3.05, 3.63) is 47.2 Å². The highest BCUT2D eigenvalue weighted by Gasteiger charge is 2.26. The van der Waals surface area contributed by atoms with Gasteiger partial charge < -0.3 is 25.7 Å². The van der Waals surface area contributed by atoms with E-state index >= 15 is 0 Å². The molecule has 0 spiro atoms. The maximum atomic E-state index is 11.1. The van der Waals surface area contributed by atoms with Crippen molar-refractivity contribution < 1.29 is 30.0 Å². The zero-order chi connectivity index (χ0) is 18.4. The first kappa shape index (κ1) is 18.1. The minimum Gasteiger partial charge on any atom is -0.504 e. The van der Waals surface area contributed by atoms with Gasteiger partial charge in [0.2, 0.25) is 0 Å². The van der Waals surface area contributed by atoms with E-state index in [4.69, 9.17) is 10.2 Å². The van der Waals surface area contributed by atoms with Crippen LogP contribution in [-0.4, -0.2) is 51.2 Å². The molecule has 0 aliphatic carbocycles. The second kappa shape index (κ2) is 8.00. The molecule has 0 bridgehead atoms. The van der Waals surface area contributed by atoms with Crippen molar-refractivity contribution in [3.63, 3.8) is 0 Å². The Bertz CT molecular complexity index is 766. The van der Waals surface area contributed by atoms with E-state index in [0.29, 0.717) is 18.5 Å². The van der Waals surface area contributed by atoms with Crippen LogP contribution in [0.25, 0.3) is 0 Å². The van der Waals surface area contributed by atoms with E-state index in [2.05, 4.69) is 10.3 Å². The van der Waals surface area contributed by atoms with Crippen LogP contribution >= 0.6 is 0 Å². The van der Waals surface area contributed by atoms with Crippen molar-refractivity contribution in [1.82, 2.24) is 5.32 Å². The molecule has 1 unspecified atom stereocenters. The molecule has 0 saturated heterocycles. The molecule has 1 aliphatic heterocycles. The summed E-state index contributed by atoms with van der Waals surface area (Å²) in [5.74, 6) is -2.72. The number of carboxylic acids is 2. The SMILES string of the molecule is O=C(O)C1=C/C(=C/C=NCCc2ccc(O)c(O)c2)CC(C(=O)O)N1. The molecule has 1 aliphatic rings. The average Bonchev–Trinajstić information content (AvgIpc) is 2.57. The van der Waals surface area contributed by atoms with Gasteiger partial charge >= 0.3 is 11.9 Å². The fourth-order valence-corrected chi connectivity index (χ4v) is 2.29. The van der Waals surface area contributed by atoms with Gasteiger partial charge in [-0.05, 0) is 41.8 Å². The topological polar surface area (TPSA) is 139 Å². The number of nitrogens with one attached hydrogen (secondary N) is 1. The van der Waals surface area contributed by atoms with Crippen LogP contribution in [0.1, 0.15) is 12.0 Å². The molecule has 5 N–H and O–H groups in total. The van der Waals surface area contributed by atoms with Gasteiger partial charge in [-0.15, -0.1) is 0 Å². The standard InChI is InChI=1S/C17H18N2O6/c20-14-2-1-10(9-15(14)21)3-5-18-6-4-11-7-12(16(22)23)19-13(8-11)17(24)25/h1-2,4,6-7,9,13,19-21H,3,5,8H2,(H,22,23)(H,24,25)/b11-4-,18-6?. The minimum absolute atomic E-state index is 0.157. The largest absolute Gasteiger partial charge is 0.504 e. The van der Waals surface area contributed by atoms with Gasteiger partial charge in [-0.25, -0.2) is 9.59 Å². The summed E-state index contributed by atoms with van der Waals surface area (Å²) in [6, 6.07) is 3.54. The van der Waals surface area contributed by atoms with E-state index in [1.165, 1.54) is 24.4 Å². The molecule has 8 heteroatoms. The van der Waals surface area contributed by atoms with Crippen molar-refractivity contribution >= 4 is 18.2 Å². The Morgan fingerprint density at radius 1 is 1.24 bits per heavy atom. The number of aromatic hydroxyl groups is 2. The lowest BCUT2D eigenvalue weighted by molar-refractivity contribution is -0.139. The summed E-state index contributed by atoms with van der Waals surface area (Å²) < 4.78 is 0. The van der Waals surface area contributed by atoms with Gasteiger partial charge in [0, 0.05) is 19.2 Å². The maximum Gasteiger partial charge on any atom is 0.351 e. The molecule has 0 fully saturated rings. The Kier molecular flexibility index (Phi) is 5.78. The molecule has 25 heavy (non-hydrogen) atoms. The molecule has 1 aromatic carbocycles. The third-order valence-corrected chi connectivity index (χ3v) is 3.59. The number of nitrogens with zero attached hydrogens (tertiary/aromatic N) is 1. The fraction of sp³-hybridized carbons (Fsp3) is 0.235. The number of phenols is 2. The number of carbonyl (C=O) groups is 2. The summed E-state index contributed by atoms with van der Waals surface area (Å²) in [5.41, 5.74) is 1.19. The van der Waals surface area contributed by atoms with Gasteiger partial charge in [0.05, 0.1) is 0 Å². The molecule has 2 rings (SSSR count). The number of allylic oxidation sites excluding steroid dienone is 2. The van der Waals surface area contributed by atoms with E-state index in [1.54, 1.807) is 12.1 Å². The van der Waals surface area contributed by atoms with Crippen molar-refractivity contribution in [2.75, 3.05) is 6.54 Å². The van der Waals surface area contributed by atoms with Crippen LogP contribution in [0.5, 0.6) is 11.5 Å². The zero-order valence-electron chi connectivity index (χ0n) is 13.2. The number of carboxylic acid groups (broad SMARTS) is 2. The molecule has 0 amide bonds. The van der Waals surface area contributed by atoms with Gasteiger partial charge in [0.15, 0.2) is 11.5 Å². The quantitative estimate of drug-likeness (QED) is 0.383. The molecular weight excluding hydrogens is 328 g/mol. The van der Waals surface area contributed by atoms with Crippen molar-refractivity contribution in [2.45, 2.75) is 18.9 Å². The Morgan fingerprint density at radius 2 is 2.00 bits per heavy atom. The lowest BCUT2D eigenvalue weighted by Crippen LogP contribution is -2.41. The number of aliphatic carboxylic acids is 2. The van der Waals surface area contributed by atoms with Gasteiger partial charge in [-0.2, -0.15) is 0 Å². The summed E-state index contributed by atoms with van der Waals surface area (Å²) in [7, 11) is 0.